The first-order valence-electron chi connectivity index (χ1n) is 6.22. The molecule has 0 fully saturated rings. The summed E-state index contributed by atoms with van der Waals surface area (Å²) in [6, 6.07) is 8.12. The summed E-state index contributed by atoms with van der Waals surface area (Å²) in [5, 5.41) is 0. The molecule has 0 aliphatic carbocycles. The molecule has 0 aliphatic rings. The number of aromatic amines is 1. The zero-order valence-corrected chi connectivity index (χ0v) is 12.6. The molecule has 4 nitrogen and oxygen atoms in total. The van der Waals surface area contributed by atoms with Crippen molar-refractivity contribution >= 4 is 27.1 Å². The van der Waals surface area contributed by atoms with Crippen molar-refractivity contribution in [2.24, 2.45) is 0 Å². The third kappa shape index (κ3) is 3.38. The molecule has 22 heavy (non-hydrogen) atoms. The second kappa shape index (κ2) is 5.60. The van der Waals surface area contributed by atoms with Gasteiger partial charge in [0.1, 0.15) is 11.6 Å². The molecule has 0 atom stereocenters. The summed E-state index contributed by atoms with van der Waals surface area (Å²) in [5.41, 5.74) is 1.87. The quantitative estimate of drug-likeness (QED) is 0.745. The van der Waals surface area contributed by atoms with Crippen LogP contribution in [0.15, 0.2) is 41.0 Å². The molecular weight excluding hydrogens is 363 g/mol. The van der Waals surface area contributed by atoms with Crippen molar-refractivity contribution in [3.05, 3.63) is 41.0 Å². The fraction of sp³-hybridized carbons (Fsp3) is 0.143. The molecule has 0 saturated carbocycles. The number of hydrogen-bond donors (Lipinski definition) is 1. The maximum absolute atomic E-state index is 12.2. The second-order valence-corrected chi connectivity index (χ2v) is 5.46. The van der Waals surface area contributed by atoms with E-state index >= 15 is 0 Å². The van der Waals surface area contributed by atoms with Crippen LogP contribution >= 0.6 is 15.9 Å². The molecule has 3 aromatic rings. The number of H-pyrrole nitrogens is 1. The molecule has 8 heteroatoms. The number of halogens is 4. The molecule has 1 aromatic carbocycles. The van der Waals surface area contributed by atoms with Gasteiger partial charge in [0.05, 0.1) is 5.52 Å². The highest BCUT2D eigenvalue weighted by Gasteiger charge is 2.28. The first-order chi connectivity index (χ1) is 10.4. The smallest absolute Gasteiger partial charge is 0.422 e. The van der Waals surface area contributed by atoms with Crippen LogP contribution < -0.4 is 4.74 Å². The van der Waals surface area contributed by atoms with Crippen LogP contribution in [0, 0.1) is 0 Å². The number of benzene rings is 1. The second-order valence-electron chi connectivity index (χ2n) is 4.54. The van der Waals surface area contributed by atoms with Crippen LogP contribution in [0.4, 0.5) is 13.2 Å². The lowest BCUT2D eigenvalue weighted by molar-refractivity contribution is -0.153. The van der Waals surface area contributed by atoms with Crippen molar-refractivity contribution in [3.63, 3.8) is 0 Å². The molecular formula is C14H9BrF3N3O. The first-order valence-corrected chi connectivity index (χ1v) is 7.01. The Morgan fingerprint density at radius 2 is 2.05 bits per heavy atom. The third-order valence-electron chi connectivity index (χ3n) is 2.81. The third-order valence-corrected chi connectivity index (χ3v) is 3.25. The molecule has 0 radical (unpaired) electrons. The Kier molecular flexibility index (Phi) is 3.78. The van der Waals surface area contributed by atoms with Gasteiger partial charge in [0, 0.05) is 16.2 Å². The summed E-state index contributed by atoms with van der Waals surface area (Å²) < 4.78 is 42.1. The minimum absolute atomic E-state index is 0.129. The van der Waals surface area contributed by atoms with Crippen molar-refractivity contribution in [3.8, 4) is 17.1 Å². The van der Waals surface area contributed by atoms with E-state index in [2.05, 4.69) is 30.9 Å². The maximum Gasteiger partial charge on any atom is 0.422 e. The largest absolute Gasteiger partial charge is 0.484 e. The molecule has 0 spiro atoms. The standard InChI is InChI=1S/C14H9BrF3N3O/c15-9-5-11-13(19-6-9)21-12(20-11)8-2-1-3-10(4-8)22-7-14(16,17)18/h1-6H,7H2,(H,19,20,21). The Morgan fingerprint density at radius 1 is 1.23 bits per heavy atom. The number of fused-ring (bicyclic) bond motifs is 1. The van der Waals surface area contributed by atoms with Crippen LogP contribution in [0.2, 0.25) is 0 Å². The summed E-state index contributed by atoms with van der Waals surface area (Å²) in [4.78, 5) is 11.5. The van der Waals surface area contributed by atoms with E-state index in [0.29, 0.717) is 17.0 Å². The predicted molar refractivity (Wildman–Crippen MR) is 78.6 cm³/mol. The monoisotopic (exact) mass is 371 g/mol. The van der Waals surface area contributed by atoms with Crippen LogP contribution in [0.25, 0.3) is 22.6 Å². The molecule has 114 valence electrons. The Morgan fingerprint density at radius 3 is 2.82 bits per heavy atom. The zero-order valence-electron chi connectivity index (χ0n) is 11.0. The van der Waals surface area contributed by atoms with Crippen LogP contribution in [-0.2, 0) is 0 Å². The summed E-state index contributed by atoms with van der Waals surface area (Å²) in [7, 11) is 0. The Labute approximate surface area is 131 Å². The van der Waals surface area contributed by atoms with Gasteiger partial charge in [0.15, 0.2) is 12.3 Å². The minimum Gasteiger partial charge on any atom is -0.484 e. The summed E-state index contributed by atoms with van der Waals surface area (Å²) in [6.45, 7) is -1.33. The van der Waals surface area contributed by atoms with E-state index in [-0.39, 0.29) is 5.75 Å². The summed E-state index contributed by atoms with van der Waals surface area (Å²) >= 11 is 3.31. The highest BCUT2D eigenvalue weighted by atomic mass is 79.9. The summed E-state index contributed by atoms with van der Waals surface area (Å²) in [5.74, 6) is 0.641. The van der Waals surface area contributed by atoms with Gasteiger partial charge in [-0.1, -0.05) is 12.1 Å². The lowest BCUT2D eigenvalue weighted by Gasteiger charge is -2.09. The topological polar surface area (TPSA) is 50.8 Å². The van der Waals surface area contributed by atoms with E-state index in [1.54, 1.807) is 18.3 Å². The molecule has 2 aromatic heterocycles. The number of alkyl halides is 3. The number of pyridine rings is 1. The molecule has 1 N–H and O–H groups in total. The van der Waals surface area contributed by atoms with Crippen LogP contribution in [-0.4, -0.2) is 27.7 Å². The zero-order chi connectivity index (χ0) is 15.7. The molecule has 0 amide bonds. The average molecular weight is 372 g/mol. The van der Waals surface area contributed by atoms with Crippen molar-refractivity contribution in [1.29, 1.82) is 0 Å². The van der Waals surface area contributed by atoms with E-state index in [1.807, 2.05) is 6.07 Å². The van der Waals surface area contributed by atoms with Gasteiger partial charge in [-0.05, 0) is 34.1 Å². The number of rotatable bonds is 3. The van der Waals surface area contributed by atoms with Crippen molar-refractivity contribution in [2.45, 2.75) is 6.18 Å². The SMILES string of the molecule is FC(F)(F)COc1cccc(-c2nc3ncc(Br)cc3[nH]2)c1. The van der Waals surface area contributed by atoms with Crippen LogP contribution in [0.1, 0.15) is 0 Å². The van der Waals surface area contributed by atoms with Crippen LogP contribution in [0.3, 0.4) is 0 Å². The molecule has 0 bridgehead atoms. The van der Waals surface area contributed by atoms with Gasteiger partial charge < -0.3 is 9.72 Å². The highest BCUT2D eigenvalue weighted by Crippen LogP contribution is 2.25. The van der Waals surface area contributed by atoms with Crippen molar-refractivity contribution < 1.29 is 17.9 Å². The lowest BCUT2D eigenvalue weighted by atomic mass is 10.2. The predicted octanol–water partition coefficient (Wildman–Crippen LogP) is 4.33. The van der Waals surface area contributed by atoms with Gasteiger partial charge in [0.25, 0.3) is 0 Å². The summed E-state index contributed by atoms with van der Waals surface area (Å²) in [6.07, 6.45) is -2.75. The Hall–Kier alpha value is -2.09. The van der Waals surface area contributed by atoms with E-state index in [0.717, 1.165) is 9.99 Å². The van der Waals surface area contributed by atoms with E-state index in [1.165, 1.54) is 12.1 Å². The van der Waals surface area contributed by atoms with E-state index in [4.69, 9.17) is 4.74 Å². The molecule has 3 rings (SSSR count). The number of hydrogen-bond acceptors (Lipinski definition) is 3. The number of imidazole rings is 1. The molecule has 0 saturated heterocycles. The number of aromatic nitrogens is 3. The number of ether oxygens (including phenoxy) is 1. The Balaban J connectivity index is 1.90. The van der Waals surface area contributed by atoms with Gasteiger partial charge in [0.2, 0.25) is 0 Å². The minimum atomic E-state index is -4.37. The fourth-order valence-corrected chi connectivity index (χ4v) is 2.24. The first kappa shape index (κ1) is 14.8. The lowest BCUT2D eigenvalue weighted by Crippen LogP contribution is -2.19. The Bertz CT molecular complexity index is 816. The number of nitrogens with one attached hydrogen (secondary N) is 1. The average Bonchev–Trinajstić information content (AvgIpc) is 2.88. The van der Waals surface area contributed by atoms with Gasteiger partial charge in [-0.2, -0.15) is 13.2 Å². The van der Waals surface area contributed by atoms with E-state index in [9.17, 15) is 13.2 Å². The van der Waals surface area contributed by atoms with Gasteiger partial charge in [-0.25, -0.2) is 9.97 Å². The maximum atomic E-state index is 12.2. The highest BCUT2D eigenvalue weighted by molar-refractivity contribution is 9.10. The normalized spacial score (nSPS) is 11.8. The van der Waals surface area contributed by atoms with E-state index < -0.39 is 12.8 Å². The molecule has 2 heterocycles. The van der Waals surface area contributed by atoms with Crippen molar-refractivity contribution in [1.82, 2.24) is 15.0 Å². The van der Waals surface area contributed by atoms with Crippen LogP contribution in [0.5, 0.6) is 5.75 Å². The fourth-order valence-electron chi connectivity index (χ4n) is 1.91. The van der Waals surface area contributed by atoms with Gasteiger partial charge in [-0.3, -0.25) is 0 Å². The van der Waals surface area contributed by atoms with Crippen molar-refractivity contribution in [2.75, 3.05) is 6.61 Å². The van der Waals surface area contributed by atoms with Gasteiger partial charge >= 0.3 is 6.18 Å². The van der Waals surface area contributed by atoms with Gasteiger partial charge in [-0.15, -0.1) is 0 Å². The molecule has 0 unspecified atom stereocenters. The number of nitrogens with zero attached hydrogens (tertiary/aromatic N) is 2. The molecule has 0 aliphatic heterocycles.